The van der Waals surface area contributed by atoms with E-state index in [0.29, 0.717) is 5.13 Å². The molecule has 0 saturated carbocycles. The molecule has 1 aromatic carbocycles. The Balaban J connectivity index is 2.01. The molecule has 2 aromatic rings. The molecule has 0 atom stereocenters. The minimum Gasteiger partial charge on any atom is -0.301 e. The molecule has 0 aliphatic heterocycles. The molecule has 0 aliphatic rings. The van der Waals surface area contributed by atoms with Gasteiger partial charge in [-0.05, 0) is 5.56 Å². The Morgan fingerprint density at radius 3 is 2.82 bits per heavy atom. The number of nitrogens with one attached hydrogen (secondary N) is 1. The number of aromatic nitrogens is 1. The van der Waals surface area contributed by atoms with Crippen LogP contribution in [-0.4, -0.2) is 16.8 Å². The van der Waals surface area contributed by atoms with Gasteiger partial charge < -0.3 is 5.32 Å². The van der Waals surface area contributed by atoms with Gasteiger partial charge in [0.1, 0.15) is 5.88 Å². The highest BCUT2D eigenvalue weighted by molar-refractivity contribution is 7.15. The predicted octanol–water partition coefficient (Wildman–Crippen LogP) is 2.91. The lowest BCUT2D eigenvalue weighted by Crippen LogP contribution is -2.11. The Hall–Kier alpha value is -1.39. The van der Waals surface area contributed by atoms with Crippen molar-refractivity contribution < 1.29 is 4.79 Å². The molecule has 0 radical (unpaired) electrons. The van der Waals surface area contributed by atoms with Crippen LogP contribution in [0.5, 0.6) is 0 Å². The van der Waals surface area contributed by atoms with Gasteiger partial charge in [-0.25, -0.2) is 4.98 Å². The van der Waals surface area contributed by atoms with Gasteiger partial charge in [0.05, 0.1) is 0 Å². The van der Waals surface area contributed by atoms with Gasteiger partial charge in [0.2, 0.25) is 5.91 Å². The van der Waals surface area contributed by atoms with Crippen LogP contribution in [-0.2, 0) is 11.2 Å². The van der Waals surface area contributed by atoms with Crippen molar-refractivity contribution in [3.63, 3.8) is 0 Å². The fraction of sp³-hybridized carbons (Fsp3) is 0.167. The van der Waals surface area contributed by atoms with E-state index in [-0.39, 0.29) is 11.8 Å². The summed E-state index contributed by atoms with van der Waals surface area (Å²) in [6.07, 6.45) is 2.61. The number of benzene rings is 1. The first kappa shape index (κ1) is 12.1. The molecule has 0 bridgehead atoms. The molecule has 17 heavy (non-hydrogen) atoms. The highest BCUT2D eigenvalue weighted by atomic mass is 35.5. The fourth-order valence-electron chi connectivity index (χ4n) is 1.40. The summed E-state index contributed by atoms with van der Waals surface area (Å²) in [6.45, 7) is 0. The number of hydrogen-bond acceptors (Lipinski definition) is 3. The van der Waals surface area contributed by atoms with Crippen LogP contribution in [0.3, 0.4) is 0 Å². The molecular formula is C12H11ClN2OS. The third-order valence-electron chi connectivity index (χ3n) is 2.14. The Kier molecular flexibility index (Phi) is 4.12. The van der Waals surface area contributed by atoms with Crippen LogP contribution in [0.15, 0.2) is 36.5 Å². The molecule has 1 N–H and O–H groups in total. The van der Waals surface area contributed by atoms with Gasteiger partial charge in [-0.15, -0.1) is 22.9 Å². The van der Waals surface area contributed by atoms with Crippen molar-refractivity contribution >= 4 is 34.0 Å². The first-order valence-electron chi connectivity index (χ1n) is 5.12. The smallest absolute Gasteiger partial charge is 0.241 e. The first-order valence-corrected chi connectivity index (χ1v) is 6.47. The zero-order chi connectivity index (χ0) is 12.1. The number of nitrogens with zero attached hydrogens (tertiary/aromatic N) is 1. The molecule has 0 unspecified atom stereocenters. The molecule has 1 amide bonds. The van der Waals surface area contributed by atoms with Gasteiger partial charge in [0.25, 0.3) is 0 Å². The maximum absolute atomic E-state index is 11.1. The number of thiazole rings is 1. The second-order valence-electron chi connectivity index (χ2n) is 3.48. The van der Waals surface area contributed by atoms with Gasteiger partial charge in [-0.1, -0.05) is 30.3 Å². The number of hydrogen-bond donors (Lipinski definition) is 1. The van der Waals surface area contributed by atoms with E-state index in [0.717, 1.165) is 11.3 Å². The minimum atomic E-state index is -0.229. The number of carbonyl (C=O) groups excluding carboxylic acids is 1. The number of carbonyl (C=O) groups is 1. The van der Waals surface area contributed by atoms with E-state index in [1.54, 1.807) is 6.20 Å². The van der Waals surface area contributed by atoms with Crippen molar-refractivity contribution in [3.05, 3.63) is 47.0 Å². The number of alkyl halides is 1. The van der Waals surface area contributed by atoms with Gasteiger partial charge in [-0.2, -0.15) is 0 Å². The van der Waals surface area contributed by atoms with Crippen LogP contribution >= 0.6 is 22.9 Å². The number of amides is 1. The van der Waals surface area contributed by atoms with Gasteiger partial charge in [0.15, 0.2) is 5.13 Å². The Morgan fingerprint density at radius 2 is 2.12 bits per heavy atom. The van der Waals surface area contributed by atoms with E-state index >= 15 is 0 Å². The van der Waals surface area contributed by atoms with Crippen molar-refractivity contribution in [2.24, 2.45) is 0 Å². The van der Waals surface area contributed by atoms with Crippen molar-refractivity contribution in [3.8, 4) is 0 Å². The third-order valence-corrected chi connectivity index (χ3v) is 3.30. The average Bonchev–Trinajstić information content (AvgIpc) is 2.77. The Labute approximate surface area is 108 Å². The Morgan fingerprint density at radius 1 is 1.35 bits per heavy atom. The van der Waals surface area contributed by atoms with Crippen LogP contribution in [0.1, 0.15) is 10.4 Å². The molecule has 88 valence electrons. The summed E-state index contributed by atoms with van der Waals surface area (Å²) in [7, 11) is 0. The molecule has 3 nitrogen and oxygen atoms in total. The molecular weight excluding hydrogens is 256 g/mol. The summed E-state index contributed by atoms with van der Waals surface area (Å²) in [4.78, 5) is 16.3. The molecule has 0 saturated heterocycles. The topological polar surface area (TPSA) is 42.0 Å². The summed E-state index contributed by atoms with van der Waals surface area (Å²) in [5.74, 6) is -0.277. The quantitative estimate of drug-likeness (QED) is 0.865. The molecule has 1 heterocycles. The lowest BCUT2D eigenvalue weighted by atomic mass is 10.1. The summed E-state index contributed by atoms with van der Waals surface area (Å²) in [5.41, 5.74) is 1.23. The van der Waals surface area contributed by atoms with Crippen LogP contribution in [0.4, 0.5) is 5.13 Å². The van der Waals surface area contributed by atoms with E-state index in [1.807, 2.05) is 18.2 Å². The highest BCUT2D eigenvalue weighted by Crippen LogP contribution is 2.20. The van der Waals surface area contributed by atoms with E-state index in [4.69, 9.17) is 11.6 Å². The number of anilines is 1. The molecule has 0 aliphatic carbocycles. The first-order chi connectivity index (χ1) is 8.28. The van der Waals surface area contributed by atoms with Crippen LogP contribution < -0.4 is 5.32 Å². The molecule has 0 spiro atoms. The van der Waals surface area contributed by atoms with E-state index in [2.05, 4.69) is 22.4 Å². The van der Waals surface area contributed by atoms with Gasteiger partial charge in [-0.3, -0.25) is 4.79 Å². The SMILES string of the molecule is O=C(CCl)Nc1ncc(Cc2ccccc2)s1. The van der Waals surface area contributed by atoms with Gasteiger partial charge in [0, 0.05) is 17.5 Å². The van der Waals surface area contributed by atoms with Crippen molar-refractivity contribution in [1.29, 1.82) is 0 Å². The molecule has 2 rings (SSSR count). The van der Waals surface area contributed by atoms with Crippen LogP contribution in [0.2, 0.25) is 0 Å². The second kappa shape index (κ2) is 5.80. The Bertz CT molecular complexity index is 498. The van der Waals surface area contributed by atoms with Gasteiger partial charge >= 0.3 is 0 Å². The van der Waals surface area contributed by atoms with E-state index < -0.39 is 0 Å². The predicted molar refractivity (Wildman–Crippen MR) is 70.7 cm³/mol. The monoisotopic (exact) mass is 266 g/mol. The number of halogens is 1. The molecule has 0 fully saturated rings. The summed E-state index contributed by atoms with van der Waals surface area (Å²) in [5, 5.41) is 3.23. The lowest BCUT2D eigenvalue weighted by Gasteiger charge is -1.97. The van der Waals surface area contributed by atoms with Crippen molar-refractivity contribution in [2.75, 3.05) is 11.2 Å². The second-order valence-corrected chi connectivity index (χ2v) is 4.86. The minimum absolute atomic E-state index is 0.0480. The zero-order valence-electron chi connectivity index (χ0n) is 9.02. The lowest BCUT2D eigenvalue weighted by molar-refractivity contribution is -0.113. The largest absolute Gasteiger partial charge is 0.301 e. The van der Waals surface area contributed by atoms with Crippen molar-refractivity contribution in [2.45, 2.75) is 6.42 Å². The molecule has 5 heteroatoms. The highest BCUT2D eigenvalue weighted by Gasteiger charge is 2.05. The average molecular weight is 267 g/mol. The maximum atomic E-state index is 11.1. The number of rotatable bonds is 4. The zero-order valence-corrected chi connectivity index (χ0v) is 10.6. The molecule has 1 aromatic heterocycles. The summed E-state index contributed by atoms with van der Waals surface area (Å²) in [6, 6.07) is 10.1. The van der Waals surface area contributed by atoms with Crippen LogP contribution in [0, 0.1) is 0 Å². The van der Waals surface area contributed by atoms with Crippen molar-refractivity contribution in [1.82, 2.24) is 4.98 Å². The van der Waals surface area contributed by atoms with E-state index in [1.165, 1.54) is 16.9 Å². The maximum Gasteiger partial charge on any atom is 0.241 e. The third kappa shape index (κ3) is 3.54. The normalized spacial score (nSPS) is 10.2. The summed E-state index contributed by atoms with van der Waals surface area (Å²) < 4.78 is 0. The van der Waals surface area contributed by atoms with Crippen LogP contribution in [0.25, 0.3) is 0 Å². The standard InChI is InChI=1S/C12H11ClN2OS/c13-7-11(16)15-12-14-8-10(17-12)6-9-4-2-1-3-5-9/h1-5,8H,6-7H2,(H,14,15,16). The van der Waals surface area contributed by atoms with E-state index in [9.17, 15) is 4.79 Å². The summed E-state index contributed by atoms with van der Waals surface area (Å²) >= 11 is 6.87. The fourth-order valence-corrected chi connectivity index (χ4v) is 2.33.